The molecule has 0 amide bonds. The molecule has 0 aromatic heterocycles. The van der Waals surface area contributed by atoms with Gasteiger partial charge in [-0.25, -0.2) is 0 Å². The fraction of sp³-hybridized carbons (Fsp3) is 0.250. The number of rotatable bonds is 4. The summed E-state index contributed by atoms with van der Waals surface area (Å²) < 4.78 is 0. The van der Waals surface area contributed by atoms with E-state index in [1.165, 1.54) is 5.56 Å². The monoisotopic (exact) mass is 187 g/mol. The molecule has 0 aliphatic carbocycles. The van der Waals surface area contributed by atoms with Gasteiger partial charge in [0.05, 0.1) is 6.21 Å². The van der Waals surface area contributed by atoms with Gasteiger partial charge in [-0.05, 0) is 12.5 Å². The Kier molecular flexibility index (Phi) is 4.30. The lowest BCUT2D eigenvalue weighted by atomic mass is 10.2. The second-order valence-electron chi connectivity index (χ2n) is 2.93. The second-order valence-corrected chi connectivity index (χ2v) is 2.93. The van der Waals surface area contributed by atoms with Gasteiger partial charge in [-0.3, -0.25) is 0 Å². The third-order valence-corrected chi connectivity index (χ3v) is 1.69. The van der Waals surface area contributed by atoms with Crippen LogP contribution in [-0.4, -0.2) is 12.8 Å². The molecular weight excluding hydrogens is 174 g/mol. The Hall–Kier alpha value is -1.75. The summed E-state index contributed by atoms with van der Waals surface area (Å²) in [7, 11) is 0. The molecule has 0 heterocycles. The molecule has 2 heteroatoms. The van der Waals surface area contributed by atoms with Crippen molar-refractivity contribution in [2.24, 2.45) is 5.16 Å². The van der Waals surface area contributed by atoms with Crippen molar-refractivity contribution >= 4 is 6.21 Å². The molecule has 1 aromatic rings. The van der Waals surface area contributed by atoms with E-state index in [1.807, 2.05) is 31.2 Å². The topological polar surface area (TPSA) is 21.6 Å². The quantitative estimate of drug-likeness (QED) is 0.307. The molecule has 0 atom stereocenters. The second kappa shape index (κ2) is 5.82. The predicted octanol–water partition coefficient (Wildman–Crippen LogP) is 2.37. The van der Waals surface area contributed by atoms with Crippen molar-refractivity contribution in [3.05, 3.63) is 35.4 Å². The Morgan fingerprint density at radius 2 is 2.14 bits per heavy atom. The smallest absolute Gasteiger partial charge is 0.128 e. The van der Waals surface area contributed by atoms with Gasteiger partial charge in [0, 0.05) is 6.42 Å². The highest BCUT2D eigenvalue weighted by molar-refractivity contribution is 5.79. The lowest BCUT2D eigenvalue weighted by Crippen LogP contribution is -1.87. The van der Waals surface area contributed by atoms with Crippen LogP contribution in [0.3, 0.4) is 0 Å². The average Bonchev–Trinajstić information content (AvgIpc) is 2.21. The lowest BCUT2D eigenvalue weighted by Gasteiger charge is -1.95. The number of nitrogens with zero attached hydrogens (tertiary/aromatic N) is 1. The van der Waals surface area contributed by atoms with E-state index >= 15 is 0 Å². The minimum absolute atomic E-state index is 0.471. The largest absolute Gasteiger partial charge is 0.395 e. The van der Waals surface area contributed by atoms with E-state index in [0.717, 1.165) is 5.56 Å². The van der Waals surface area contributed by atoms with Crippen LogP contribution in [0.5, 0.6) is 0 Å². The third-order valence-electron chi connectivity index (χ3n) is 1.69. The molecule has 0 N–H and O–H groups in total. The molecule has 0 saturated carbocycles. The molecular formula is C12H13NO. The Morgan fingerprint density at radius 3 is 2.79 bits per heavy atom. The highest BCUT2D eigenvalue weighted by Crippen LogP contribution is 2.00. The molecule has 72 valence electrons. The zero-order chi connectivity index (χ0) is 10.2. The van der Waals surface area contributed by atoms with Gasteiger partial charge in [0.25, 0.3) is 0 Å². The van der Waals surface area contributed by atoms with E-state index in [1.54, 1.807) is 6.21 Å². The fourth-order valence-electron chi connectivity index (χ4n) is 0.908. The Labute approximate surface area is 84.6 Å². The minimum atomic E-state index is 0.471. The summed E-state index contributed by atoms with van der Waals surface area (Å²) in [5.41, 5.74) is 2.26. The van der Waals surface area contributed by atoms with E-state index < -0.39 is 0 Å². The van der Waals surface area contributed by atoms with Crippen molar-refractivity contribution in [3.8, 4) is 12.3 Å². The van der Waals surface area contributed by atoms with Crippen LogP contribution in [0.1, 0.15) is 17.5 Å². The van der Waals surface area contributed by atoms with Gasteiger partial charge < -0.3 is 4.84 Å². The molecule has 0 spiro atoms. The van der Waals surface area contributed by atoms with Gasteiger partial charge in [-0.1, -0.05) is 35.0 Å². The molecule has 0 aliphatic rings. The normalized spacial score (nSPS) is 10.0. The number of terminal acetylenes is 1. The van der Waals surface area contributed by atoms with Crippen LogP contribution in [0.4, 0.5) is 0 Å². The maximum Gasteiger partial charge on any atom is 0.128 e. The van der Waals surface area contributed by atoms with Gasteiger partial charge in [-0.15, -0.1) is 12.3 Å². The van der Waals surface area contributed by atoms with E-state index in [0.29, 0.717) is 13.0 Å². The van der Waals surface area contributed by atoms with Crippen LogP contribution in [0.15, 0.2) is 29.4 Å². The van der Waals surface area contributed by atoms with Gasteiger partial charge in [0.2, 0.25) is 0 Å². The highest BCUT2D eigenvalue weighted by Gasteiger charge is 1.86. The summed E-state index contributed by atoms with van der Waals surface area (Å²) in [5, 5.41) is 3.79. The van der Waals surface area contributed by atoms with Gasteiger partial charge in [-0.2, -0.15) is 0 Å². The number of oxime groups is 1. The number of hydrogen-bond donors (Lipinski definition) is 0. The van der Waals surface area contributed by atoms with E-state index in [9.17, 15) is 0 Å². The molecule has 1 rings (SSSR count). The summed E-state index contributed by atoms with van der Waals surface area (Å²) in [5.74, 6) is 2.47. The summed E-state index contributed by atoms with van der Waals surface area (Å²) in [4.78, 5) is 4.94. The van der Waals surface area contributed by atoms with Gasteiger partial charge in [0.15, 0.2) is 0 Å². The first-order valence-electron chi connectivity index (χ1n) is 4.48. The van der Waals surface area contributed by atoms with Crippen LogP contribution in [-0.2, 0) is 4.84 Å². The molecule has 0 unspecified atom stereocenters. The summed E-state index contributed by atoms with van der Waals surface area (Å²) in [6, 6.07) is 8.04. The zero-order valence-corrected chi connectivity index (χ0v) is 8.23. The third kappa shape index (κ3) is 3.77. The zero-order valence-electron chi connectivity index (χ0n) is 8.23. The van der Waals surface area contributed by atoms with E-state index in [2.05, 4.69) is 11.1 Å². The molecule has 0 fully saturated rings. The highest BCUT2D eigenvalue weighted by atomic mass is 16.6. The predicted molar refractivity (Wildman–Crippen MR) is 58.2 cm³/mol. The number of aryl methyl sites for hydroxylation is 1. The first-order valence-corrected chi connectivity index (χ1v) is 4.48. The number of hydrogen-bond acceptors (Lipinski definition) is 2. The summed E-state index contributed by atoms with van der Waals surface area (Å²) in [6.07, 6.45) is 7.32. The molecule has 0 aliphatic heterocycles. The molecule has 0 bridgehead atoms. The van der Waals surface area contributed by atoms with Crippen LogP contribution >= 0.6 is 0 Å². The van der Waals surface area contributed by atoms with Crippen molar-refractivity contribution in [1.29, 1.82) is 0 Å². The Balaban J connectivity index is 2.37. The van der Waals surface area contributed by atoms with Crippen molar-refractivity contribution in [2.45, 2.75) is 13.3 Å². The van der Waals surface area contributed by atoms with Crippen LogP contribution in [0.2, 0.25) is 0 Å². The van der Waals surface area contributed by atoms with Crippen molar-refractivity contribution in [2.75, 3.05) is 6.61 Å². The summed E-state index contributed by atoms with van der Waals surface area (Å²) in [6.45, 7) is 2.52. The maximum absolute atomic E-state index is 5.06. The lowest BCUT2D eigenvalue weighted by molar-refractivity contribution is 0.152. The van der Waals surface area contributed by atoms with Crippen LogP contribution in [0.25, 0.3) is 0 Å². The van der Waals surface area contributed by atoms with Crippen molar-refractivity contribution < 1.29 is 4.84 Å². The number of benzene rings is 1. The molecule has 1 aromatic carbocycles. The Bertz CT molecular complexity index is 332. The first kappa shape index (κ1) is 10.3. The SMILES string of the molecule is C#CCCON=Cc1ccc(C)cc1. The van der Waals surface area contributed by atoms with Gasteiger partial charge >= 0.3 is 0 Å². The molecule has 0 radical (unpaired) electrons. The molecule has 14 heavy (non-hydrogen) atoms. The first-order chi connectivity index (χ1) is 6.83. The standard InChI is InChI=1S/C12H13NO/c1-3-4-9-14-13-10-12-7-5-11(2)6-8-12/h1,5-8,10H,4,9H2,2H3. The van der Waals surface area contributed by atoms with Crippen molar-refractivity contribution in [1.82, 2.24) is 0 Å². The Morgan fingerprint density at radius 1 is 1.43 bits per heavy atom. The maximum atomic E-state index is 5.06. The van der Waals surface area contributed by atoms with Crippen LogP contribution in [0, 0.1) is 19.3 Å². The fourth-order valence-corrected chi connectivity index (χ4v) is 0.908. The van der Waals surface area contributed by atoms with Gasteiger partial charge in [0.1, 0.15) is 6.61 Å². The molecule has 0 saturated heterocycles. The summed E-state index contributed by atoms with van der Waals surface area (Å²) >= 11 is 0. The van der Waals surface area contributed by atoms with Crippen molar-refractivity contribution in [3.63, 3.8) is 0 Å². The van der Waals surface area contributed by atoms with E-state index in [4.69, 9.17) is 11.3 Å². The average molecular weight is 187 g/mol. The molecule has 2 nitrogen and oxygen atoms in total. The van der Waals surface area contributed by atoms with E-state index in [-0.39, 0.29) is 0 Å². The minimum Gasteiger partial charge on any atom is -0.395 e. The van der Waals surface area contributed by atoms with Crippen LogP contribution < -0.4 is 0 Å².